The van der Waals surface area contributed by atoms with Crippen molar-refractivity contribution < 1.29 is 5.11 Å². The third-order valence-corrected chi connectivity index (χ3v) is 4.61. The number of para-hydroxylation sites is 1. The molecule has 5 N–H and O–H groups in total. The number of aliphatic hydroxyl groups is 1. The first-order chi connectivity index (χ1) is 10.6. The van der Waals surface area contributed by atoms with E-state index in [2.05, 4.69) is 9.97 Å². The minimum absolute atomic E-state index is 0.304. The van der Waals surface area contributed by atoms with Crippen molar-refractivity contribution in [1.29, 1.82) is 0 Å². The number of nitrogen functional groups attached to an aromatic ring is 1. The van der Waals surface area contributed by atoms with Crippen molar-refractivity contribution in [2.45, 2.75) is 38.0 Å². The molecule has 1 saturated carbocycles. The number of nitrogens with zero attached hydrogens (tertiary/aromatic N) is 3. The molecule has 0 bridgehead atoms. The molecule has 6 nitrogen and oxygen atoms in total. The highest BCUT2D eigenvalue weighted by atomic mass is 16.3. The van der Waals surface area contributed by atoms with Gasteiger partial charge in [-0.25, -0.2) is 9.97 Å². The van der Waals surface area contributed by atoms with Crippen molar-refractivity contribution in [2.75, 3.05) is 5.73 Å². The molecule has 0 atom stereocenters. The second kappa shape index (κ2) is 4.66. The second-order valence-electron chi connectivity index (χ2n) is 6.11. The molecule has 1 fully saturated rings. The number of hydrogen-bond donors (Lipinski definition) is 3. The molecule has 3 aromatic rings. The van der Waals surface area contributed by atoms with Crippen LogP contribution in [-0.4, -0.2) is 25.2 Å². The van der Waals surface area contributed by atoms with E-state index >= 15 is 0 Å². The molecule has 0 unspecified atom stereocenters. The van der Waals surface area contributed by atoms with Crippen LogP contribution in [0.15, 0.2) is 24.3 Å². The first-order valence-corrected chi connectivity index (χ1v) is 7.57. The third kappa shape index (κ3) is 1.88. The molecule has 0 saturated heterocycles. The van der Waals surface area contributed by atoms with E-state index in [0.29, 0.717) is 24.4 Å². The quantitative estimate of drug-likeness (QED) is 0.680. The number of rotatable bonds is 3. The summed E-state index contributed by atoms with van der Waals surface area (Å²) in [6.45, 7) is 0.808. The third-order valence-electron chi connectivity index (χ3n) is 4.61. The van der Waals surface area contributed by atoms with Gasteiger partial charge < -0.3 is 21.1 Å². The van der Waals surface area contributed by atoms with Gasteiger partial charge in [0.05, 0.1) is 29.7 Å². The number of imidazole rings is 1. The molecule has 114 valence electrons. The molecule has 0 aliphatic heterocycles. The summed E-state index contributed by atoms with van der Waals surface area (Å²) < 4.78 is 2.02. The normalized spacial score (nSPS) is 17.0. The number of benzene rings is 1. The van der Waals surface area contributed by atoms with Gasteiger partial charge in [-0.2, -0.15) is 0 Å². The SMILES string of the molecule is NCc1nc2c(N)nc3ccccc3c2n1CC1(O)CCC1. The van der Waals surface area contributed by atoms with Gasteiger partial charge in [-0.1, -0.05) is 18.2 Å². The fourth-order valence-electron chi connectivity index (χ4n) is 3.27. The summed E-state index contributed by atoms with van der Waals surface area (Å²) in [5, 5.41) is 11.6. The van der Waals surface area contributed by atoms with Gasteiger partial charge >= 0.3 is 0 Å². The molecule has 0 amide bonds. The van der Waals surface area contributed by atoms with Crippen molar-refractivity contribution in [3.63, 3.8) is 0 Å². The van der Waals surface area contributed by atoms with Crippen LogP contribution in [0.2, 0.25) is 0 Å². The zero-order chi connectivity index (χ0) is 15.3. The van der Waals surface area contributed by atoms with Crippen molar-refractivity contribution in [3.8, 4) is 0 Å². The molecule has 2 aromatic heterocycles. The summed E-state index contributed by atoms with van der Waals surface area (Å²) in [5.41, 5.74) is 13.7. The zero-order valence-corrected chi connectivity index (χ0v) is 12.3. The second-order valence-corrected chi connectivity index (χ2v) is 6.11. The van der Waals surface area contributed by atoms with Crippen LogP contribution < -0.4 is 11.5 Å². The van der Waals surface area contributed by atoms with E-state index in [-0.39, 0.29) is 0 Å². The maximum atomic E-state index is 10.6. The average Bonchev–Trinajstić information content (AvgIpc) is 2.85. The monoisotopic (exact) mass is 297 g/mol. The highest BCUT2D eigenvalue weighted by Crippen LogP contribution is 2.36. The molecule has 0 spiro atoms. The lowest BCUT2D eigenvalue weighted by molar-refractivity contribution is -0.0469. The summed E-state index contributed by atoms with van der Waals surface area (Å²) in [6.07, 6.45) is 2.69. The first kappa shape index (κ1) is 13.5. The highest BCUT2D eigenvalue weighted by molar-refractivity contribution is 6.06. The van der Waals surface area contributed by atoms with Gasteiger partial charge in [-0.15, -0.1) is 0 Å². The number of nitrogens with two attached hydrogens (primary N) is 2. The molecular weight excluding hydrogens is 278 g/mol. The van der Waals surface area contributed by atoms with E-state index in [1.807, 2.05) is 28.8 Å². The predicted molar refractivity (Wildman–Crippen MR) is 86.1 cm³/mol. The molecule has 2 heterocycles. The highest BCUT2D eigenvalue weighted by Gasteiger charge is 2.36. The lowest BCUT2D eigenvalue weighted by Crippen LogP contribution is -2.41. The van der Waals surface area contributed by atoms with Crippen molar-refractivity contribution in [1.82, 2.24) is 14.5 Å². The Morgan fingerprint density at radius 2 is 2.00 bits per heavy atom. The molecule has 4 rings (SSSR count). The Kier molecular flexibility index (Phi) is 2.85. The standard InChI is InChI=1S/C16H19N5O/c17-8-12-20-13-14(21(12)9-16(22)6-3-7-16)10-4-1-2-5-11(10)19-15(13)18/h1-2,4-5,22H,3,6-9,17H2,(H2,18,19). The predicted octanol–water partition coefficient (Wildman–Crippen LogP) is 1.54. The van der Waals surface area contributed by atoms with Gasteiger partial charge in [-0.05, 0) is 25.3 Å². The Morgan fingerprint density at radius 3 is 2.68 bits per heavy atom. The van der Waals surface area contributed by atoms with Crippen LogP contribution in [-0.2, 0) is 13.1 Å². The maximum absolute atomic E-state index is 10.6. The summed E-state index contributed by atoms with van der Waals surface area (Å²) in [5.74, 6) is 1.14. The van der Waals surface area contributed by atoms with Gasteiger partial charge in [-0.3, -0.25) is 0 Å². The molecular formula is C16H19N5O. The van der Waals surface area contributed by atoms with Crippen molar-refractivity contribution >= 4 is 27.8 Å². The minimum atomic E-state index is -0.656. The van der Waals surface area contributed by atoms with E-state index in [1.165, 1.54) is 0 Å². The number of anilines is 1. The van der Waals surface area contributed by atoms with E-state index < -0.39 is 5.60 Å². The van der Waals surface area contributed by atoms with E-state index in [1.54, 1.807) is 0 Å². The molecule has 1 aliphatic carbocycles. The van der Waals surface area contributed by atoms with Crippen molar-refractivity contribution in [2.24, 2.45) is 5.73 Å². The minimum Gasteiger partial charge on any atom is -0.388 e. The van der Waals surface area contributed by atoms with Crippen LogP contribution in [0.25, 0.3) is 21.9 Å². The molecule has 6 heteroatoms. The van der Waals surface area contributed by atoms with Gasteiger partial charge in [0.15, 0.2) is 5.82 Å². The average molecular weight is 297 g/mol. The van der Waals surface area contributed by atoms with E-state index in [4.69, 9.17) is 11.5 Å². The topological polar surface area (TPSA) is 103 Å². The van der Waals surface area contributed by atoms with Crippen LogP contribution in [0.4, 0.5) is 5.82 Å². The molecule has 22 heavy (non-hydrogen) atoms. The fourth-order valence-corrected chi connectivity index (χ4v) is 3.27. The van der Waals surface area contributed by atoms with Crippen LogP contribution in [0.1, 0.15) is 25.1 Å². The van der Waals surface area contributed by atoms with Gasteiger partial charge in [0.25, 0.3) is 0 Å². The lowest BCUT2D eigenvalue weighted by atomic mass is 9.80. The Bertz CT molecular complexity index is 866. The molecule has 1 aliphatic rings. The number of fused-ring (bicyclic) bond motifs is 3. The Balaban J connectivity index is 2.03. The zero-order valence-electron chi connectivity index (χ0n) is 12.3. The van der Waals surface area contributed by atoms with E-state index in [9.17, 15) is 5.11 Å². The number of hydrogen-bond acceptors (Lipinski definition) is 5. The summed E-state index contributed by atoms with van der Waals surface area (Å²) in [7, 11) is 0. The van der Waals surface area contributed by atoms with Crippen LogP contribution in [0.5, 0.6) is 0 Å². The van der Waals surface area contributed by atoms with Crippen LogP contribution in [0.3, 0.4) is 0 Å². The van der Waals surface area contributed by atoms with Gasteiger partial charge in [0.2, 0.25) is 0 Å². The Labute approximate surface area is 127 Å². The summed E-state index contributed by atoms with van der Waals surface area (Å²) in [4.78, 5) is 8.98. The van der Waals surface area contributed by atoms with Gasteiger partial charge in [0, 0.05) is 5.39 Å². The largest absolute Gasteiger partial charge is 0.388 e. The fraction of sp³-hybridized carbons (Fsp3) is 0.375. The Hall–Kier alpha value is -2.18. The smallest absolute Gasteiger partial charge is 0.152 e. The summed E-state index contributed by atoms with van der Waals surface area (Å²) in [6, 6.07) is 7.85. The van der Waals surface area contributed by atoms with E-state index in [0.717, 1.165) is 41.5 Å². The lowest BCUT2D eigenvalue weighted by Gasteiger charge is -2.37. The maximum Gasteiger partial charge on any atom is 0.152 e. The Morgan fingerprint density at radius 1 is 1.23 bits per heavy atom. The van der Waals surface area contributed by atoms with Gasteiger partial charge in [0.1, 0.15) is 11.3 Å². The molecule has 0 radical (unpaired) electrons. The van der Waals surface area contributed by atoms with Crippen LogP contribution in [0, 0.1) is 0 Å². The number of pyridine rings is 1. The van der Waals surface area contributed by atoms with Crippen LogP contribution >= 0.6 is 0 Å². The molecule has 1 aromatic carbocycles. The first-order valence-electron chi connectivity index (χ1n) is 7.57. The van der Waals surface area contributed by atoms with Crippen molar-refractivity contribution in [3.05, 3.63) is 30.1 Å². The summed E-state index contributed by atoms with van der Waals surface area (Å²) >= 11 is 0. The number of aromatic nitrogens is 3.